The summed E-state index contributed by atoms with van der Waals surface area (Å²) in [5.41, 5.74) is -0.237. The summed E-state index contributed by atoms with van der Waals surface area (Å²) in [6.07, 6.45) is 0. The Labute approximate surface area is 136 Å². The van der Waals surface area contributed by atoms with Crippen LogP contribution >= 0.6 is 27.5 Å². The van der Waals surface area contributed by atoms with Crippen LogP contribution in [0.25, 0.3) is 0 Å². The number of halogens is 2. The van der Waals surface area contributed by atoms with E-state index >= 15 is 0 Å². The fourth-order valence-electron chi connectivity index (χ4n) is 2.05. The molecule has 0 spiro atoms. The monoisotopic (exact) mass is 396 g/mol. The zero-order valence-electron chi connectivity index (χ0n) is 11.2. The van der Waals surface area contributed by atoms with E-state index in [1.54, 1.807) is 0 Å². The molecule has 1 N–H and O–H groups in total. The number of likely N-dealkylation sites (N-methyl/N-ethyl adjacent to an activating group) is 1. The molecule has 0 unspecified atom stereocenters. The van der Waals surface area contributed by atoms with Crippen LogP contribution in [0.3, 0.4) is 0 Å². The van der Waals surface area contributed by atoms with Crippen molar-refractivity contribution in [1.29, 1.82) is 0 Å². The Morgan fingerprint density at radius 2 is 1.86 bits per heavy atom. The van der Waals surface area contributed by atoms with E-state index < -0.39 is 16.0 Å². The maximum atomic E-state index is 12.6. The summed E-state index contributed by atoms with van der Waals surface area (Å²) in [5, 5.41) is 9.09. The highest BCUT2D eigenvalue weighted by atomic mass is 79.9. The number of aromatic carboxylic acids is 1. The van der Waals surface area contributed by atoms with Crippen LogP contribution in [-0.4, -0.2) is 61.9 Å². The van der Waals surface area contributed by atoms with E-state index in [0.717, 1.165) is 6.07 Å². The molecule has 21 heavy (non-hydrogen) atoms. The summed E-state index contributed by atoms with van der Waals surface area (Å²) in [7, 11) is -1.80. The Bertz CT molecular complexity index is 672. The van der Waals surface area contributed by atoms with Crippen LogP contribution in [0.4, 0.5) is 0 Å². The average molecular weight is 398 g/mol. The first-order chi connectivity index (χ1) is 9.73. The van der Waals surface area contributed by atoms with Gasteiger partial charge >= 0.3 is 5.97 Å². The van der Waals surface area contributed by atoms with Gasteiger partial charge in [0.2, 0.25) is 10.0 Å². The molecule has 0 bridgehead atoms. The van der Waals surface area contributed by atoms with Crippen molar-refractivity contribution < 1.29 is 18.3 Å². The summed E-state index contributed by atoms with van der Waals surface area (Å²) < 4.78 is 26.8. The van der Waals surface area contributed by atoms with E-state index in [4.69, 9.17) is 16.7 Å². The van der Waals surface area contributed by atoms with Crippen LogP contribution in [0.1, 0.15) is 10.4 Å². The topological polar surface area (TPSA) is 77.9 Å². The van der Waals surface area contributed by atoms with Gasteiger partial charge in [0, 0.05) is 30.7 Å². The van der Waals surface area contributed by atoms with Gasteiger partial charge in [0.1, 0.15) is 0 Å². The molecule has 6 nitrogen and oxygen atoms in total. The van der Waals surface area contributed by atoms with E-state index in [0.29, 0.717) is 26.2 Å². The van der Waals surface area contributed by atoms with Gasteiger partial charge in [-0.3, -0.25) is 0 Å². The molecule has 1 fully saturated rings. The highest BCUT2D eigenvalue weighted by molar-refractivity contribution is 9.10. The molecule has 9 heteroatoms. The second kappa shape index (κ2) is 6.21. The van der Waals surface area contributed by atoms with E-state index in [1.165, 1.54) is 10.4 Å². The Balaban J connectivity index is 2.43. The molecule has 0 aliphatic carbocycles. The van der Waals surface area contributed by atoms with Crippen molar-refractivity contribution in [1.82, 2.24) is 9.21 Å². The number of benzene rings is 1. The Morgan fingerprint density at radius 3 is 2.38 bits per heavy atom. The quantitative estimate of drug-likeness (QED) is 0.840. The van der Waals surface area contributed by atoms with Crippen molar-refractivity contribution in [2.24, 2.45) is 0 Å². The molecule has 0 radical (unpaired) electrons. The molecule has 0 saturated carbocycles. The molecular formula is C12H14BrClN2O4S. The second-order valence-corrected chi connectivity index (χ2v) is 7.95. The highest BCUT2D eigenvalue weighted by Crippen LogP contribution is 2.31. The summed E-state index contributed by atoms with van der Waals surface area (Å²) in [6.45, 7) is 2.03. The molecule has 1 aliphatic rings. The normalized spacial score (nSPS) is 17.9. The molecule has 116 valence electrons. The van der Waals surface area contributed by atoms with E-state index in [-0.39, 0.29) is 20.0 Å². The van der Waals surface area contributed by atoms with E-state index in [2.05, 4.69) is 15.9 Å². The lowest BCUT2D eigenvalue weighted by atomic mass is 10.2. The Hall–Kier alpha value is -0.670. The number of hydrogen-bond donors (Lipinski definition) is 1. The third-order valence-corrected chi connectivity index (χ3v) is 6.47. The summed E-state index contributed by atoms with van der Waals surface area (Å²) in [5.74, 6) is -1.27. The van der Waals surface area contributed by atoms with Crippen LogP contribution in [0.2, 0.25) is 5.02 Å². The van der Waals surface area contributed by atoms with Gasteiger partial charge in [0.25, 0.3) is 0 Å². The molecule has 2 rings (SSSR count). The lowest BCUT2D eigenvalue weighted by Gasteiger charge is -2.31. The third-order valence-electron chi connectivity index (χ3n) is 3.33. The molecule has 0 amide bonds. The lowest BCUT2D eigenvalue weighted by Crippen LogP contribution is -2.47. The van der Waals surface area contributed by atoms with Gasteiger partial charge in [-0.1, -0.05) is 11.6 Å². The fourth-order valence-corrected chi connectivity index (χ4v) is 4.32. The molecule has 1 aromatic rings. The number of hydrogen-bond acceptors (Lipinski definition) is 4. The smallest absolute Gasteiger partial charge is 0.337 e. The van der Waals surface area contributed by atoms with Gasteiger partial charge in [0.15, 0.2) is 0 Å². The van der Waals surface area contributed by atoms with Crippen molar-refractivity contribution in [3.05, 3.63) is 27.2 Å². The van der Waals surface area contributed by atoms with Gasteiger partial charge in [-0.05, 0) is 35.1 Å². The van der Waals surface area contributed by atoms with Crippen molar-refractivity contribution in [2.75, 3.05) is 33.2 Å². The van der Waals surface area contributed by atoms with Crippen LogP contribution in [0.15, 0.2) is 21.5 Å². The van der Waals surface area contributed by atoms with Crippen molar-refractivity contribution >= 4 is 43.5 Å². The fraction of sp³-hybridized carbons (Fsp3) is 0.417. The summed E-state index contributed by atoms with van der Waals surface area (Å²) >= 11 is 8.98. The molecule has 1 saturated heterocycles. The van der Waals surface area contributed by atoms with Crippen LogP contribution in [-0.2, 0) is 10.0 Å². The predicted octanol–water partition coefficient (Wildman–Crippen LogP) is 1.74. The first-order valence-electron chi connectivity index (χ1n) is 6.14. The first-order valence-corrected chi connectivity index (χ1v) is 8.75. The van der Waals surface area contributed by atoms with Gasteiger partial charge in [-0.2, -0.15) is 4.31 Å². The number of sulfonamides is 1. The third kappa shape index (κ3) is 3.40. The van der Waals surface area contributed by atoms with Gasteiger partial charge in [-0.25, -0.2) is 13.2 Å². The van der Waals surface area contributed by atoms with Gasteiger partial charge < -0.3 is 10.0 Å². The number of carboxylic acid groups (broad SMARTS) is 1. The number of piperazine rings is 1. The standard InChI is InChI=1S/C12H14BrClN2O4S/c1-15-2-4-16(5-3-15)21(19,20)8-6-9(12(17)18)11(14)10(13)7-8/h6-7H,2-5H2,1H3,(H,17,18). The molecule has 1 heterocycles. The van der Waals surface area contributed by atoms with Gasteiger partial charge in [-0.15, -0.1) is 0 Å². The second-order valence-electron chi connectivity index (χ2n) is 4.78. The number of carbonyl (C=O) groups is 1. The van der Waals surface area contributed by atoms with Crippen LogP contribution < -0.4 is 0 Å². The molecule has 1 aromatic carbocycles. The Morgan fingerprint density at radius 1 is 1.29 bits per heavy atom. The molecule has 0 atom stereocenters. The molecule has 0 aromatic heterocycles. The van der Waals surface area contributed by atoms with Crippen molar-refractivity contribution in [3.8, 4) is 0 Å². The number of carboxylic acids is 1. The number of rotatable bonds is 3. The minimum atomic E-state index is -3.73. The van der Waals surface area contributed by atoms with Crippen molar-refractivity contribution in [2.45, 2.75) is 4.90 Å². The zero-order valence-corrected chi connectivity index (χ0v) is 14.4. The van der Waals surface area contributed by atoms with E-state index in [9.17, 15) is 13.2 Å². The SMILES string of the molecule is CN1CCN(S(=O)(=O)c2cc(Br)c(Cl)c(C(=O)O)c2)CC1. The summed E-state index contributed by atoms with van der Waals surface area (Å²) in [6, 6.07) is 2.44. The Kier molecular flexibility index (Phi) is 4.94. The highest BCUT2D eigenvalue weighted by Gasteiger charge is 2.29. The zero-order chi connectivity index (χ0) is 15.8. The first kappa shape index (κ1) is 16.7. The van der Waals surface area contributed by atoms with Crippen molar-refractivity contribution in [3.63, 3.8) is 0 Å². The van der Waals surface area contributed by atoms with Crippen LogP contribution in [0.5, 0.6) is 0 Å². The minimum Gasteiger partial charge on any atom is -0.478 e. The van der Waals surface area contributed by atoms with Gasteiger partial charge in [0.05, 0.1) is 15.5 Å². The summed E-state index contributed by atoms with van der Waals surface area (Å²) in [4.78, 5) is 13.1. The predicted molar refractivity (Wildman–Crippen MR) is 82.4 cm³/mol. The maximum absolute atomic E-state index is 12.6. The average Bonchev–Trinajstić information content (AvgIpc) is 2.41. The van der Waals surface area contributed by atoms with E-state index in [1.807, 2.05) is 11.9 Å². The largest absolute Gasteiger partial charge is 0.478 e. The van der Waals surface area contributed by atoms with Crippen LogP contribution in [0, 0.1) is 0 Å². The minimum absolute atomic E-state index is 0.0140. The maximum Gasteiger partial charge on any atom is 0.337 e. The molecular weight excluding hydrogens is 384 g/mol. The lowest BCUT2D eigenvalue weighted by molar-refractivity contribution is 0.0696. The molecule has 1 aliphatic heterocycles. The number of nitrogens with zero attached hydrogens (tertiary/aromatic N) is 2.